The normalized spacial score (nSPS) is 47.5. The van der Waals surface area contributed by atoms with E-state index >= 15 is 0 Å². The number of aliphatic hydroxyl groups is 1. The third-order valence-corrected chi connectivity index (χ3v) is 8.46. The number of ketones is 2. The van der Waals surface area contributed by atoms with Crippen molar-refractivity contribution in [3.8, 4) is 0 Å². The summed E-state index contributed by atoms with van der Waals surface area (Å²) in [6, 6.07) is 0. The fourth-order valence-corrected chi connectivity index (χ4v) is 7.33. The molecule has 0 aromatic rings. The van der Waals surface area contributed by atoms with E-state index in [1.54, 1.807) is 6.92 Å². The quantitative estimate of drug-likeness (QED) is 0.840. The Morgan fingerprint density at radius 1 is 1.17 bits per heavy atom. The lowest BCUT2D eigenvalue weighted by Gasteiger charge is -2.58. The summed E-state index contributed by atoms with van der Waals surface area (Å²) < 4.78 is 0. The Morgan fingerprint density at radius 2 is 1.96 bits per heavy atom. The monoisotopic (exact) mass is 330 g/mol. The van der Waals surface area contributed by atoms with Crippen LogP contribution in [0.5, 0.6) is 0 Å². The molecular weight excluding hydrogens is 300 g/mol. The van der Waals surface area contributed by atoms with Crippen LogP contribution in [0.1, 0.15) is 65.2 Å². The zero-order chi connectivity index (χ0) is 17.1. The van der Waals surface area contributed by atoms with Crippen LogP contribution in [0.15, 0.2) is 11.6 Å². The zero-order valence-electron chi connectivity index (χ0n) is 15.0. The maximum atomic E-state index is 12.2. The maximum Gasteiger partial charge on any atom is 0.155 e. The predicted octanol–water partition coefficient (Wildman–Crippen LogP) is 3.70. The minimum Gasteiger partial charge on any atom is -0.395 e. The van der Waals surface area contributed by atoms with Crippen molar-refractivity contribution >= 4 is 11.6 Å². The summed E-state index contributed by atoms with van der Waals surface area (Å²) >= 11 is 0. The van der Waals surface area contributed by atoms with Crippen LogP contribution in [0.2, 0.25) is 0 Å². The van der Waals surface area contributed by atoms with Crippen LogP contribution in [-0.2, 0) is 9.59 Å². The highest BCUT2D eigenvalue weighted by Gasteiger charge is 2.60. The Hall–Kier alpha value is -0.960. The molecule has 0 spiro atoms. The van der Waals surface area contributed by atoms with Crippen LogP contribution in [0.3, 0.4) is 0 Å². The molecule has 0 aromatic heterocycles. The van der Waals surface area contributed by atoms with Crippen molar-refractivity contribution in [3.05, 3.63) is 11.6 Å². The topological polar surface area (TPSA) is 54.4 Å². The molecule has 0 aliphatic heterocycles. The van der Waals surface area contributed by atoms with Crippen LogP contribution in [-0.4, -0.2) is 23.3 Å². The van der Waals surface area contributed by atoms with Crippen molar-refractivity contribution in [1.82, 2.24) is 0 Å². The Labute approximate surface area is 144 Å². The van der Waals surface area contributed by atoms with Gasteiger partial charge in [0.15, 0.2) is 5.78 Å². The van der Waals surface area contributed by atoms with Gasteiger partial charge in [0, 0.05) is 17.8 Å². The molecule has 0 unspecified atom stereocenters. The molecule has 0 saturated heterocycles. The molecule has 0 radical (unpaired) electrons. The van der Waals surface area contributed by atoms with Gasteiger partial charge in [0.2, 0.25) is 0 Å². The van der Waals surface area contributed by atoms with E-state index in [9.17, 15) is 14.7 Å². The highest BCUT2D eigenvalue weighted by Crippen LogP contribution is 2.66. The van der Waals surface area contributed by atoms with E-state index in [4.69, 9.17) is 0 Å². The SMILES string of the molecule is CC(=O)[C@H]1CC[C@H]2[C@@H]3CCC4=CC(=O)CC[C@]4(CO)[C@@H]3CC[C@]12C. The summed E-state index contributed by atoms with van der Waals surface area (Å²) in [6.07, 6.45) is 9.80. The summed E-state index contributed by atoms with van der Waals surface area (Å²) in [7, 11) is 0. The standard InChI is InChI=1S/C21H30O3/c1-13(23)17-5-6-18-16-4-3-14-11-15(24)7-10-21(14,12-22)19(16)8-9-20(17,18)2/h11,16-19,22H,3-10,12H2,1-2H3/t16-,17+,18-,19+,20+,21+/m0/s1. The predicted molar refractivity (Wildman–Crippen MR) is 92.3 cm³/mol. The van der Waals surface area contributed by atoms with Gasteiger partial charge in [-0.1, -0.05) is 12.5 Å². The first-order chi connectivity index (χ1) is 11.4. The Kier molecular flexibility index (Phi) is 3.80. The van der Waals surface area contributed by atoms with Gasteiger partial charge in [0.05, 0.1) is 6.61 Å². The molecule has 6 atom stereocenters. The van der Waals surface area contributed by atoms with Gasteiger partial charge < -0.3 is 5.11 Å². The fraction of sp³-hybridized carbons (Fsp3) is 0.810. The van der Waals surface area contributed by atoms with E-state index in [0.29, 0.717) is 30.0 Å². The van der Waals surface area contributed by atoms with Crippen molar-refractivity contribution in [2.45, 2.75) is 65.2 Å². The van der Waals surface area contributed by atoms with Gasteiger partial charge in [-0.25, -0.2) is 0 Å². The minimum absolute atomic E-state index is 0.146. The summed E-state index contributed by atoms with van der Waals surface area (Å²) in [4.78, 5) is 24.1. The van der Waals surface area contributed by atoms with Gasteiger partial charge in [-0.2, -0.15) is 0 Å². The second-order valence-electron chi connectivity index (χ2n) is 9.15. The van der Waals surface area contributed by atoms with Gasteiger partial charge >= 0.3 is 0 Å². The molecule has 4 aliphatic carbocycles. The lowest BCUT2D eigenvalue weighted by Crippen LogP contribution is -2.53. The molecule has 3 fully saturated rings. The average Bonchev–Trinajstić information content (AvgIpc) is 2.91. The molecule has 0 heterocycles. The number of hydrogen-bond acceptors (Lipinski definition) is 3. The molecular formula is C21H30O3. The molecule has 0 aromatic carbocycles. The second kappa shape index (κ2) is 5.52. The first-order valence-corrected chi connectivity index (χ1v) is 9.77. The van der Waals surface area contributed by atoms with Crippen molar-refractivity contribution in [2.75, 3.05) is 6.61 Å². The van der Waals surface area contributed by atoms with E-state index < -0.39 is 0 Å². The Morgan fingerprint density at radius 3 is 2.67 bits per heavy atom. The van der Waals surface area contributed by atoms with Gasteiger partial charge in [-0.3, -0.25) is 9.59 Å². The fourth-order valence-electron chi connectivity index (χ4n) is 7.33. The van der Waals surface area contributed by atoms with Crippen molar-refractivity contribution in [1.29, 1.82) is 0 Å². The highest BCUT2D eigenvalue weighted by atomic mass is 16.3. The summed E-state index contributed by atoms with van der Waals surface area (Å²) in [6.45, 7) is 4.31. The largest absolute Gasteiger partial charge is 0.395 e. The minimum atomic E-state index is -0.146. The third-order valence-electron chi connectivity index (χ3n) is 8.46. The van der Waals surface area contributed by atoms with Crippen molar-refractivity contribution < 1.29 is 14.7 Å². The molecule has 132 valence electrons. The lowest BCUT2D eigenvalue weighted by atomic mass is 9.46. The zero-order valence-corrected chi connectivity index (χ0v) is 15.0. The molecule has 3 heteroatoms. The lowest BCUT2D eigenvalue weighted by molar-refractivity contribution is -0.130. The van der Waals surface area contributed by atoms with Gasteiger partial charge in [-0.15, -0.1) is 0 Å². The Bertz CT molecular complexity index is 606. The van der Waals surface area contributed by atoms with Crippen LogP contribution in [0.25, 0.3) is 0 Å². The molecule has 0 bridgehead atoms. The first kappa shape index (κ1) is 16.5. The average molecular weight is 330 g/mol. The smallest absolute Gasteiger partial charge is 0.155 e. The number of carbonyl (C=O) groups is 2. The van der Waals surface area contributed by atoms with Gasteiger partial charge in [0.25, 0.3) is 0 Å². The van der Waals surface area contributed by atoms with E-state index in [-0.39, 0.29) is 29.1 Å². The van der Waals surface area contributed by atoms with E-state index in [1.165, 1.54) is 12.0 Å². The van der Waals surface area contributed by atoms with Gasteiger partial charge in [0.1, 0.15) is 5.78 Å². The number of aliphatic hydroxyl groups excluding tert-OH is 1. The molecule has 3 saturated carbocycles. The Balaban J connectivity index is 1.69. The summed E-state index contributed by atoms with van der Waals surface area (Å²) in [5.41, 5.74) is 1.24. The highest BCUT2D eigenvalue weighted by molar-refractivity contribution is 5.91. The van der Waals surface area contributed by atoms with E-state index in [0.717, 1.165) is 38.5 Å². The van der Waals surface area contributed by atoms with Crippen molar-refractivity contribution in [3.63, 3.8) is 0 Å². The molecule has 1 N–H and O–H groups in total. The molecule has 24 heavy (non-hydrogen) atoms. The first-order valence-electron chi connectivity index (χ1n) is 9.77. The maximum absolute atomic E-state index is 12.2. The molecule has 4 aliphatic rings. The van der Waals surface area contributed by atoms with Crippen LogP contribution >= 0.6 is 0 Å². The number of hydrogen-bond donors (Lipinski definition) is 1. The number of rotatable bonds is 2. The van der Waals surface area contributed by atoms with Crippen LogP contribution < -0.4 is 0 Å². The van der Waals surface area contributed by atoms with Crippen LogP contribution in [0, 0.1) is 34.5 Å². The number of fused-ring (bicyclic) bond motifs is 5. The third kappa shape index (κ3) is 2.06. The van der Waals surface area contributed by atoms with Gasteiger partial charge in [-0.05, 0) is 81.1 Å². The number of carbonyl (C=O) groups excluding carboxylic acids is 2. The van der Waals surface area contributed by atoms with E-state index in [1.807, 2.05) is 6.08 Å². The summed E-state index contributed by atoms with van der Waals surface area (Å²) in [5, 5.41) is 10.3. The second-order valence-corrected chi connectivity index (χ2v) is 9.15. The van der Waals surface area contributed by atoms with Crippen LogP contribution in [0.4, 0.5) is 0 Å². The molecule has 3 nitrogen and oxygen atoms in total. The van der Waals surface area contributed by atoms with Crippen molar-refractivity contribution in [2.24, 2.45) is 34.5 Å². The number of Topliss-reactive ketones (excluding diaryl/α,β-unsaturated/α-hetero) is 1. The summed E-state index contributed by atoms with van der Waals surface area (Å²) in [5.74, 6) is 2.58. The molecule has 0 amide bonds. The molecule has 4 rings (SSSR count). The van der Waals surface area contributed by atoms with E-state index in [2.05, 4.69) is 6.92 Å².